The van der Waals surface area contributed by atoms with Crippen molar-refractivity contribution in [2.75, 3.05) is 13.9 Å². The van der Waals surface area contributed by atoms with Gasteiger partial charge < -0.3 is 14.3 Å². The Bertz CT molecular complexity index is 381. The fourth-order valence-electron chi connectivity index (χ4n) is 1.53. The van der Waals surface area contributed by atoms with E-state index in [9.17, 15) is 0 Å². The molecule has 5 heteroatoms. The van der Waals surface area contributed by atoms with E-state index in [1.807, 2.05) is 13.0 Å². The normalized spacial score (nSPS) is 13.3. The van der Waals surface area contributed by atoms with Gasteiger partial charge in [-0.1, -0.05) is 15.9 Å². The zero-order valence-corrected chi connectivity index (χ0v) is 10.2. The van der Waals surface area contributed by atoms with E-state index in [1.165, 1.54) is 0 Å². The molecule has 4 nitrogen and oxygen atoms in total. The van der Waals surface area contributed by atoms with Crippen LogP contribution in [0.5, 0.6) is 11.5 Å². The van der Waals surface area contributed by atoms with E-state index in [1.54, 1.807) is 7.11 Å². The largest absolute Gasteiger partial charge is 0.454 e. The fourth-order valence-corrected chi connectivity index (χ4v) is 1.96. The molecule has 1 aliphatic heterocycles. The first-order valence-electron chi connectivity index (χ1n) is 4.57. The quantitative estimate of drug-likeness (QED) is 0.857. The molecular weight excluding hydrogens is 262 g/mol. The van der Waals surface area contributed by atoms with Crippen LogP contribution in [0.2, 0.25) is 0 Å². The maximum atomic E-state index is 5.37. The average molecular weight is 274 g/mol. The highest BCUT2D eigenvalue weighted by Gasteiger charge is 2.20. The van der Waals surface area contributed by atoms with Crippen molar-refractivity contribution in [3.8, 4) is 11.5 Å². The first kappa shape index (κ1) is 10.7. The number of rotatable bonds is 3. The Morgan fingerprint density at radius 1 is 1.53 bits per heavy atom. The topological polar surface area (TPSA) is 39.7 Å². The molecule has 0 spiro atoms. The number of ether oxygens (including phenoxy) is 2. The van der Waals surface area contributed by atoms with Crippen LogP contribution in [0.1, 0.15) is 11.1 Å². The molecule has 1 aromatic carbocycles. The number of nitrogens with one attached hydrogen (secondary N) is 1. The number of fused-ring (bicyclic) bond motifs is 1. The van der Waals surface area contributed by atoms with Gasteiger partial charge in [-0.2, -0.15) is 5.48 Å². The number of halogens is 1. The maximum absolute atomic E-state index is 5.37. The van der Waals surface area contributed by atoms with E-state index < -0.39 is 0 Å². The van der Waals surface area contributed by atoms with E-state index in [0.717, 1.165) is 27.1 Å². The van der Waals surface area contributed by atoms with Crippen molar-refractivity contribution >= 4 is 15.9 Å². The summed E-state index contributed by atoms with van der Waals surface area (Å²) in [6.07, 6.45) is 0. The van der Waals surface area contributed by atoms with E-state index in [-0.39, 0.29) is 0 Å². The number of benzene rings is 1. The molecule has 1 aliphatic rings. The molecule has 1 heterocycles. The first-order chi connectivity index (χ1) is 7.24. The van der Waals surface area contributed by atoms with E-state index >= 15 is 0 Å². The number of hydroxylamine groups is 1. The van der Waals surface area contributed by atoms with Crippen molar-refractivity contribution in [3.05, 3.63) is 21.7 Å². The van der Waals surface area contributed by atoms with Crippen molar-refractivity contribution in [2.45, 2.75) is 13.5 Å². The monoisotopic (exact) mass is 273 g/mol. The summed E-state index contributed by atoms with van der Waals surface area (Å²) in [4.78, 5) is 4.82. The summed E-state index contributed by atoms with van der Waals surface area (Å²) in [7, 11) is 1.59. The van der Waals surface area contributed by atoms with E-state index in [2.05, 4.69) is 21.4 Å². The van der Waals surface area contributed by atoms with Crippen molar-refractivity contribution in [1.82, 2.24) is 5.48 Å². The molecule has 0 saturated carbocycles. The summed E-state index contributed by atoms with van der Waals surface area (Å²) in [6, 6.07) is 1.95. The van der Waals surface area contributed by atoms with Gasteiger partial charge in [0, 0.05) is 16.6 Å². The summed E-state index contributed by atoms with van der Waals surface area (Å²) >= 11 is 3.53. The highest BCUT2D eigenvalue weighted by molar-refractivity contribution is 9.10. The van der Waals surface area contributed by atoms with Gasteiger partial charge >= 0.3 is 0 Å². The lowest BCUT2D eigenvalue weighted by Crippen LogP contribution is -2.11. The predicted octanol–water partition coefficient (Wildman–Crippen LogP) is 2.14. The van der Waals surface area contributed by atoms with Crippen molar-refractivity contribution in [1.29, 1.82) is 0 Å². The van der Waals surface area contributed by atoms with Gasteiger partial charge in [0.05, 0.1) is 7.11 Å². The summed E-state index contributed by atoms with van der Waals surface area (Å²) in [5.41, 5.74) is 4.93. The summed E-state index contributed by atoms with van der Waals surface area (Å²) in [5.74, 6) is 1.62. The average Bonchev–Trinajstić information content (AvgIpc) is 2.69. The molecule has 0 atom stereocenters. The van der Waals surface area contributed by atoms with Crippen molar-refractivity contribution in [3.63, 3.8) is 0 Å². The second-order valence-corrected chi connectivity index (χ2v) is 4.03. The van der Waals surface area contributed by atoms with Crippen LogP contribution in [-0.2, 0) is 11.4 Å². The summed E-state index contributed by atoms with van der Waals surface area (Å²) < 4.78 is 11.7. The van der Waals surface area contributed by atoms with Crippen LogP contribution in [0.15, 0.2) is 10.5 Å². The molecule has 0 radical (unpaired) electrons. The van der Waals surface area contributed by atoms with Crippen LogP contribution in [0.4, 0.5) is 0 Å². The molecule has 0 fully saturated rings. The molecule has 15 heavy (non-hydrogen) atoms. The minimum Gasteiger partial charge on any atom is -0.454 e. The second kappa shape index (κ2) is 4.38. The third kappa shape index (κ3) is 1.95. The van der Waals surface area contributed by atoms with Crippen LogP contribution in [-0.4, -0.2) is 13.9 Å². The highest BCUT2D eigenvalue weighted by Crippen LogP contribution is 2.41. The highest BCUT2D eigenvalue weighted by atomic mass is 79.9. The standard InChI is InChI=1S/C10H12BrNO3/c1-6-9(11)7(4-12-13-2)3-8-10(6)15-5-14-8/h3,12H,4-5H2,1-2H3. The van der Waals surface area contributed by atoms with Gasteiger partial charge in [0.25, 0.3) is 0 Å². The molecular formula is C10H12BrNO3. The van der Waals surface area contributed by atoms with Gasteiger partial charge in [-0.15, -0.1) is 0 Å². The van der Waals surface area contributed by atoms with Crippen LogP contribution < -0.4 is 15.0 Å². The van der Waals surface area contributed by atoms with Gasteiger partial charge in [0.1, 0.15) is 0 Å². The third-order valence-corrected chi connectivity index (χ3v) is 3.41. The molecule has 0 amide bonds. The second-order valence-electron chi connectivity index (χ2n) is 3.23. The predicted molar refractivity (Wildman–Crippen MR) is 58.9 cm³/mol. The van der Waals surface area contributed by atoms with Gasteiger partial charge in [-0.05, 0) is 18.6 Å². The molecule has 1 N–H and O–H groups in total. The molecule has 82 valence electrons. The van der Waals surface area contributed by atoms with Crippen LogP contribution in [0.25, 0.3) is 0 Å². The lowest BCUT2D eigenvalue weighted by atomic mass is 10.1. The Labute approximate surface area is 96.6 Å². The van der Waals surface area contributed by atoms with Crippen LogP contribution in [0.3, 0.4) is 0 Å². The van der Waals surface area contributed by atoms with Crippen LogP contribution in [0, 0.1) is 6.92 Å². The van der Waals surface area contributed by atoms with Crippen LogP contribution >= 0.6 is 15.9 Å². The third-order valence-electron chi connectivity index (χ3n) is 2.31. The van der Waals surface area contributed by atoms with Gasteiger partial charge in [-0.25, -0.2) is 0 Å². The van der Waals surface area contributed by atoms with Gasteiger partial charge in [0.15, 0.2) is 11.5 Å². The minimum atomic E-state index is 0.295. The molecule has 2 rings (SSSR count). The molecule has 0 saturated heterocycles. The molecule has 0 bridgehead atoms. The Morgan fingerprint density at radius 2 is 2.33 bits per heavy atom. The minimum absolute atomic E-state index is 0.295. The first-order valence-corrected chi connectivity index (χ1v) is 5.36. The molecule has 0 unspecified atom stereocenters. The Morgan fingerprint density at radius 3 is 3.07 bits per heavy atom. The Kier molecular flexibility index (Phi) is 3.14. The summed E-state index contributed by atoms with van der Waals surface area (Å²) in [6.45, 7) is 2.91. The molecule has 0 aliphatic carbocycles. The lowest BCUT2D eigenvalue weighted by molar-refractivity contribution is 0.0865. The maximum Gasteiger partial charge on any atom is 0.231 e. The van der Waals surface area contributed by atoms with E-state index in [0.29, 0.717) is 13.3 Å². The van der Waals surface area contributed by atoms with E-state index in [4.69, 9.17) is 14.3 Å². The van der Waals surface area contributed by atoms with Crippen molar-refractivity contribution in [2.24, 2.45) is 0 Å². The smallest absolute Gasteiger partial charge is 0.231 e. The SMILES string of the molecule is CONCc1cc2c(c(C)c1Br)OCO2. The lowest BCUT2D eigenvalue weighted by Gasteiger charge is -2.10. The molecule has 0 aromatic heterocycles. The fraction of sp³-hybridized carbons (Fsp3) is 0.400. The van der Waals surface area contributed by atoms with Crippen molar-refractivity contribution < 1.29 is 14.3 Å². The Hall–Kier alpha value is -0.780. The number of hydrogen-bond acceptors (Lipinski definition) is 4. The van der Waals surface area contributed by atoms with Gasteiger partial charge in [0.2, 0.25) is 6.79 Å². The zero-order chi connectivity index (χ0) is 10.8. The summed E-state index contributed by atoms with van der Waals surface area (Å²) in [5, 5.41) is 0. The molecule has 1 aromatic rings. The van der Waals surface area contributed by atoms with Gasteiger partial charge in [-0.3, -0.25) is 0 Å². The zero-order valence-electron chi connectivity index (χ0n) is 8.59. The Balaban J connectivity index is 2.36. The number of hydrogen-bond donors (Lipinski definition) is 1.